The summed E-state index contributed by atoms with van der Waals surface area (Å²) in [5.41, 5.74) is 2.39. The Hall–Kier alpha value is -2.18. The van der Waals surface area contributed by atoms with Crippen molar-refractivity contribution < 1.29 is 9.53 Å². The van der Waals surface area contributed by atoms with Crippen LogP contribution in [0.15, 0.2) is 36.5 Å². The number of aryl methyl sites for hydroxylation is 1. The number of anilines is 1. The zero-order chi connectivity index (χ0) is 15.4. The highest BCUT2D eigenvalue weighted by Gasteiger charge is 2.12. The number of morpholine rings is 1. The Morgan fingerprint density at radius 1 is 1.32 bits per heavy atom. The maximum absolute atomic E-state index is 12.1. The number of nitrogens with zero attached hydrogens (tertiary/aromatic N) is 3. The van der Waals surface area contributed by atoms with E-state index in [9.17, 15) is 4.79 Å². The minimum Gasteiger partial charge on any atom is -0.379 e. The van der Waals surface area contributed by atoms with Crippen molar-refractivity contribution in [2.45, 2.75) is 6.54 Å². The number of benzene rings is 1. The Morgan fingerprint density at radius 2 is 2.14 bits per heavy atom. The fourth-order valence-electron chi connectivity index (χ4n) is 2.50. The van der Waals surface area contributed by atoms with Crippen molar-refractivity contribution in [3.63, 3.8) is 0 Å². The first-order chi connectivity index (χ1) is 10.7. The molecule has 0 saturated carbocycles. The van der Waals surface area contributed by atoms with Gasteiger partial charge in [-0.05, 0) is 23.8 Å². The number of rotatable bonds is 4. The van der Waals surface area contributed by atoms with E-state index >= 15 is 0 Å². The summed E-state index contributed by atoms with van der Waals surface area (Å²) in [7, 11) is 1.79. The van der Waals surface area contributed by atoms with Gasteiger partial charge in [0, 0.05) is 38.6 Å². The van der Waals surface area contributed by atoms with Crippen molar-refractivity contribution in [3.05, 3.63) is 47.8 Å². The van der Waals surface area contributed by atoms with Crippen LogP contribution in [0.1, 0.15) is 16.1 Å². The van der Waals surface area contributed by atoms with Gasteiger partial charge in [0.25, 0.3) is 5.91 Å². The minimum absolute atomic E-state index is 0.191. The lowest BCUT2D eigenvalue weighted by molar-refractivity contribution is 0.0342. The van der Waals surface area contributed by atoms with Crippen molar-refractivity contribution in [3.8, 4) is 0 Å². The van der Waals surface area contributed by atoms with Gasteiger partial charge in [0.15, 0.2) is 5.69 Å². The fourth-order valence-corrected chi connectivity index (χ4v) is 2.50. The maximum atomic E-state index is 12.1. The predicted octanol–water partition coefficient (Wildman–Crippen LogP) is 1.50. The number of ether oxygens (including phenoxy) is 1. The number of aromatic nitrogens is 2. The second-order valence-corrected chi connectivity index (χ2v) is 5.42. The Bertz CT molecular complexity index is 647. The van der Waals surface area contributed by atoms with Crippen molar-refractivity contribution in [2.24, 2.45) is 7.05 Å². The first-order valence-electron chi connectivity index (χ1n) is 7.41. The van der Waals surface area contributed by atoms with Crippen LogP contribution in [0.25, 0.3) is 0 Å². The fraction of sp³-hybridized carbons (Fsp3) is 0.375. The SMILES string of the molecule is Cn1ccc(C(=O)Nc2cccc(CN3CCOCC3)c2)n1. The molecule has 1 aromatic carbocycles. The number of nitrogens with one attached hydrogen (secondary N) is 1. The summed E-state index contributed by atoms with van der Waals surface area (Å²) >= 11 is 0. The number of carbonyl (C=O) groups is 1. The molecule has 0 bridgehead atoms. The third-order valence-electron chi connectivity index (χ3n) is 3.64. The molecule has 116 valence electrons. The first kappa shape index (κ1) is 14.7. The second-order valence-electron chi connectivity index (χ2n) is 5.42. The predicted molar refractivity (Wildman–Crippen MR) is 83.7 cm³/mol. The average Bonchev–Trinajstić information content (AvgIpc) is 2.95. The molecule has 3 rings (SSSR count). The highest BCUT2D eigenvalue weighted by atomic mass is 16.5. The van der Waals surface area contributed by atoms with E-state index in [1.54, 1.807) is 24.0 Å². The van der Waals surface area contributed by atoms with Gasteiger partial charge in [0.1, 0.15) is 0 Å². The average molecular weight is 300 g/mol. The van der Waals surface area contributed by atoms with Gasteiger partial charge in [0.05, 0.1) is 13.2 Å². The van der Waals surface area contributed by atoms with Crippen molar-refractivity contribution in [1.82, 2.24) is 14.7 Å². The van der Waals surface area contributed by atoms with Gasteiger partial charge in [-0.25, -0.2) is 0 Å². The molecular weight excluding hydrogens is 280 g/mol. The summed E-state index contributed by atoms with van der Waals surface area (Å²) in [6.45, 7) is 4.35. The summed E-state index contributed by atoms with van der Waals surface area (Å²) in [5, 5.41) is 7.00. The van der Waals surface area contributed by atoms with Gasteiger partial charge in [-0.1, -0.05) is 12.1 Å². The molecule has 6 nitrogen and oxygen atoms in total. The van der Waals surface area contributed by atoms with Crippen LogP contribution in [0.5, 0.6) is 0 Å². The second kappa shape index (κ2) is 6.72. The summed E-state index contributed by atoms with van der Waals surface area (Å²) < 4.78 is 6.97. The lowest BCUT2D eigenvalue weighted by atomic mass is 10.2. The number of hydrogen-bond donors (Lipinski definition) is 1. The molecule has 0 spiro atoms. The minimum atomic E-state index is -0.191. The molecule has 1 N–H and O–H groups in total. The zero-order valence-electron chi connectivity index (χ0n) is 12.7. The maximum Gasteiger partial charge on any atom is 0.276 e. The molecule has 1 amide bonds. The van der Waals surface area contributed by atoms with Crippen LogP contribution >= 0.6 is 0 Å². The molecule has 2 aromatic rings. The molecule has 0 radical (unpaired) electrons. The van der Waals surface area contributed by atoms with Crippen LogP contribution in [0.4, 0.5) is 5.69 Å². The third kappa shape index (κ3) is 3.72. The molecule has 6 heteroatoms. The van der Waals surface area contributed by atoms with Crippen molar-refractivity contribution in [2.75, 3.05) is 31.6 Å². The molecule has 1 aromatic heterocycles. The van der Waals surface area contributed by atoms with Crippen LogP contribution in [0, 0.1) is 0 Å². The van der Waals surface area contributed by atoms with Gasteiger partial charge in [-0.15, -0.1) is 0 Å². The van der Waals surface area contributed by atoms with E-state index in [1.165, 1.54) is 5.56 Å². The van der Waals surface area contributed by atoms with Crippen LogP contribution in [-0.4, -0.2) is 46.9 Å². The Balaban J connectivity index is 1.64. The number of hydrogen-bond acceptors (Lipinski definition) is 4. The lowest BCUT2D eigenvalue weighted by Gasteiger charge is -2.26. The first-order valence-corrected chi connectivity index (χ1v) is 7.41. The van der Waals surface area contributed by atoms with Gasteiger partial charge >= 0.3 is 0 Å². The molecule has 22 heavy (non-hydrogen) atoms. The topological polar surface area (TPSA) is 59.4 Å². The Kier molecular flexibility index (Phi) is 4.50. The molecular formula is C16H20N4O2. The summed E-state index contributed by atoms with van der Waals surface area (Å²) in [4.78, 5) is 14.5. The van der Waals surface area contributed by atoms with Crippen LogP contribution < -0.4 is 5.32 Å². The largest absolute Gasteiger partial charge is 0.379 e. The molecule has 0 atom stereocenters. The van der Waals surface area contributed by atoms with Gasteiger partial charge in [0.2, 0.25) is 0 Å². The molecule has 1 aliphatic rings. The van der Waals surface area contributed by atoms with E-state index in [2.05, 4.69) is 21.4 Å². The monoisotopic (exact) mass is 300 g/mol. The highest BCUT2D eigenvalue weighted by Crippen LogP contribution is 2.14. The van der Waals surface area contributed by atoms with E-state index < -0.39 is 0 Å². The summed E-state index contributed by atoms with van der Waals surface area (Å²) in [6.07, 6.45) is 1.75. The molecule has 1 saturated heterocycles. The van der Waals surface area contributed by atoms with E-state index in [4.69, 9.17) is 4.74 Å². The highest BCUT2D eigenvalue weighted by molar-refractivity contribution is 6.02. The van der Waals surface area contributed by atoms with Gasteiger partial charge in [-0.2, -0.15) is 5.10 Å². The number of amides is 1. The van der Waals surface area contributed by atoms with E-state index in [0.29, 0.717) is 5.69 Å². The molecule has 1 fully saturated rings. The smallest absolute Gasteiger partial charge is 0.276 e. The van der Waals surface area contributed by atoms with Crippen LogP contribution in [0.3, 0.4) is 0 Å². The lowest BCUT2D eigenvalue weighted by Crippen LogP contribution is -2.35. The van der Waals surface area contributed by atoms with Crippen molar-refractivity contribution >= 4 is 11.6 Å². The van der Waals surface area contributed by atoms with Gasteiger partial charge in [-0.3, -0.25) is 14.4 Å². The standard InChI is InChI=1S/C16H20N4O2/c1-19-6-5-15(18-19)16(21)17-14-4-2-3-13(11-14)12-20-7-9-22-10-8-20/h2-6,11H,7-10,12H2,1H3,(H,17,21). The van der Waals surface area contributed by atoms with Crippen molar-refractivity contribution in [1.29, 1.82) is 0 Å². The van der Waals surface area contributed by atoms with Crippen LogP contribution in [-0.2, 0) is 18.3 Å². The molecule has 2 heterocycles. The molecule has 0 unspecified atom stereocenters. The normalized spacial score (nSPS) is 15.7. The Labute approximate surface area is 129 Å². The molecule has 1 aliphatic heterocycles. The quantitative estimate of drug-likeness (QED) is 0.930. The van der Waals surface area contributed by atoms with Gasteiger partial charge < -0.3 is 10.1 Å². The van der Waals surface area contributed by atoms with Crippen LogP contribution in [0.2, 0.25) is 0 Å². The van der Waals surface area contributed by atoms with E-state index in [0.717, 1.165) is 38.5 Å². The van der Waals surface area contributed by atoms with E-state index in [1.807, 2.05) is 18.2 Å². The molecule has 0 aliphatic carbocycles. The Morgan fingerprint density at radius 3 is 2.86 bits per heavy atom. The summed E-state index contributed by atoms with van der Waals surface area (Å²) in [5.74, 6) is -0.191. The van der Waals surface area contributed by atoms with E-state index in [-0.39, 0.29) is 5.91 Å². The third-order valence-corrected chi connectivity index (χ3v) is 3.64. The zero-order valence-corrected chi connectivity index (χ0v) is 12.7. The number of carbonyl (C=O) groups excluding carboxylic acids is 1. The summed E-state index contributed by atoms with van der Waals surface area (Å²) in [6, 6.07) is 9.64.